The molecular formula is C13H11F13O2. The van der Waals surface area contributed by atoms with E-state index in [1.165, 1.54) is 6.92 Å². The average molecular weight is 446 g/mol. The first-order chi connectivity index (χ1) is 12.0. The van der Waals surface area contributed by atoms with Gasteiger partial charge in [-0.1, -0.05) is 20.4 Å². The highest BCUT2D eigenvalue weighted by atomic mass is 19.4. The minimum Gasteiger partial charge on any atom is -0.425 e. The lowest BCUT2D eigenvalue weighted by Crippen LogP contribution is -2.70. The van der Waals surface area contributed by atoms with E-state index in [2.05, 4.69) is 4.74 Å². The highest BCUT2D eigenvalue weighted by Gasteiger charge is 2.91. The molecule has 0 aliphatic rings. The highest BCUT2D eigenvalue weighted by molar-refractivity contribution is 5.73. The van der Waals surface area contributed by atoms with Crippen LogP contribution < -0.4 is 0 Å². The monoisotopic (exact) mass is 446 g/mol. The molecule has 0 saturated heterocycles. The Kier molecular flexibility index (Phi) is 6.84. The molecule has 1 atom stereocenters. The molecule has 0 aromatic heterocycles. The van der Waals surface area contributed by atoms with E-state index < -0.39 is 53.4 Å². The number of hydrogen-bond acceptors (Lipinski definition) is 2. The van der Waals surface area contributed by atoms with Crippen molar-refractivity contribution < 1.29 is 66.6 Å². The molecule has 2 nitrogen and oxygen atoms in total. The van der Waals surface area contributed by atoms with E-state index in [-0.39, 0.29) is 6.42 Å². The number of halogens is 13. The van der Waals surface area contributed by atoms with Crippen molar-refractivity contribution in [3.63, 3.8) is 0 Å². The molecule has 0 N–H and O–H groups in total. The Bertz CT molecular complexity index is 606. The summed E-state index contributed by atoms with van der Waals surface area (Å²) in [6, 6.07) is 0. The Morgan fingerprint density at radius 1 is 0.786 bits per heavy atom. The lowest BCUT2D eigenvalue weighted by molar-refractivity contribution is -0.438. The Labute approximate surface area is 148 Å². The summed E-state index contributed by atoms with van der Waals surface area (Å²) in [5.74, 6) is -43.9. The summed E-state index contributed by atoms with van der Waals surface area (Å²) in [5.41, 5.74) is 0. The Balaban J connectivity index is 6.18. The molecule has 166 valence electrons. The first-order valence-electron chi connectivity index (χ1n) is 6.90. The second kappa shape index (κ2) is 7.28. The maximum Gasteiger partial charge on any atom is 0.460 e. The van der Waals surface area contributed by atoms with E-state index in [1.54, 1.807) is 0 Å². The summed E-state index contributed by atoms with van der Waals surface area (Å²) in [6.45, 7) is 4.24. The Morgan fingerprint density at radius 2 is 1.14 bits per heavy atom. The maximum atomic E-state index is 13.6. The second-order valence-corrected chi connectivity index (χ2v) is 5.52. The van der Waals surface area contributed by atoms with Gasteiger partial charge in [0.15, 0.2) is 5.76 Å². The summed E-state index contributed by atoms with van der Waals surface area (Å²) < 4.78 is 171. The van der Waals surface area contributed by atoms with Gasteiger partial charge in [-0.25, -0.2) is 0 Å². The van der Waals surface area contributed by atoms with Crippen molar-refractivity contribution in [2.45, 2.75) is 56.1 Å². The van der Waals surface area contributed by atoms with Crippen LogP contribution >= 0.6 is 0 Å². The number of hydrogen-bond donors (Lipinski definition) is 0. The van der Waals surface area contributed by atoms with Crippen LogP contribution in [0, 0.1) is 5.92 Å². The zero-order valence-electron chi connectivity index (χ0n) is 13.7. The standard InChI is InChI=1S/C13H11F13O2/c1-4-5(2)7(27)28-6(3)8(14,15)9(16,17)10(18,19)11(20,21)12(22,23)13(24,25)26/h5H,3-4H2,1-2H3. The van der Waals surface area contributed by atoms with E-state index in [0.717, 1.165) is 6.92 Å². The Hall–Kier alpha value is -1.70. The number of esters is 1. The third-order valence-corrected chi connectivity index (χ3v) is 3.52. The summed E-state index contributed by atoms with van der Waals surface area (Å²) in [5, 5.41) is 0. The summed E-state index contributed by atoms with van der Waals surface area (Å²) >= 11 is 0. The molecule has 0 aromatic rings. The molecule has 0 spiro atoms. The van der Waals surface area contributed by atoms with Gasteiger partial charge in [-0.15, -0.1) is 0 Å². The average Bonchev–Trinajstić information content (AvgIpc) is 2.51. The lowest BCUT2D eigenvalue weighted by atomic mass is 9.93. The molecule has 0 radical (unpaired) electrons. The van der Waals surface area contributed by atoms with Crippen LogP contribution in [0.3, 0.4) is 0 Å². The largest absolute Gasteiger partial charge is 0.460 e. The van der Waals surface area contributed by atoms with Crippen LogP contribution in [-0.4, -0.2) is 41.8 Å². The molecule has 15 heteroatoms. The smallest absolute Gasteiger partial charge is 0.425 e. The summed E-state index contributed by atoms with van der Waals surface area (Å²) in [7, 11) is 0. The lowest BCUT2D eigenvalue weighted by Gasteiger charge is -2.39. The van der Waals surface area contributed by atoms with Crippen molar-refractivity contribution in [1.82, 2.24) is 0 Å². The molecule has 28 heavy (non-hydrogen) atoms. The van der Waals surface area contributed by atoms with Crippen LogP contribution in [0.15, 0.2) is 12.3 Å². The van der Waals surface area contributed by atoms with Crippen molar-refractivity contribution in [1.29, 1.82) is 0 Å². The van der Waals surface area contributed by atoms with E-state index in [0.29, 0.717) is 0 Å². The van der Waals surface area contributed by atoms with Gasteiger partial charge in [0, 0.05) is 0 Å². The Morgan fingerprint density at radius 3 is 1.46 bits per heavy atom. The van der Waals surface area contributed by atoms with Crippen LogP contribution in [0.1, 0.15) is 20.3 Å². The van der Waals surface area contributed by atoms with Gasteiger partial charge in [-0.3, -0.25) is 4.79 Å². The van der Waals surface area contributed by atoms with Gasteiger partial charge in [-0.2, -0.15) is 57.1 Å². The zero-order valence-corrected chi connectivity index (χ0v) is 13.7. The van der Waals surface area contributed by atoms with Crippen molar-refractivity contribution in [2.75, 3.05) is 0 Å². The van der Waals surface area contributed by atoms with Crippen LogP contribution in [0.4, 0.5) is 57.1 Å². The van der Waals surface area contributed by atoms with Gasteiger partial charge in [0.05, 0.1) is 5.92 Å². The molecule has 0 amide bonds. The molecule has 0 fully saturated rings. The zero-order chi connectivity index (χ0) is 23.1. The molecule has 0 aliphatic heterocycles. The minimum atomic E-state index is -8.02. The highest BCUT2D eigenvalue weighted by Crippen LogP contribution is 2.61. The van der Waals surface area contributed by atoms with Gasteiger partial charge in [0.2, 0.25) is 0 Å². The first-order valence-corrected chi connectivity index (χ1v) is 6.90. The van der Waals surface area contributed by atoms with Gasteiger partial charge in [0.25, 0.3) is 0 Å². The predicted molar refractivity (Wildman–Crippen MR) is 65.5 cm³/mol. The number of carbonyl (C=O) groups excluding carboxylic acids is 1. The fourth-order valence-corrected chi connectivity index (χ4v) is 1.40. The van der Waals surface area contributed by atoms with Crippen LogP contribution in [-0.2, 0) is 9.53 Å². The van der Waals surface area contributed by atoms with Crippen LogP contribution in [0.5, 0.6) is 0 Å². The number of ether oxygens (including phenoxy) is 1. The number of rotatable bonds is 8. The van der Waals surface area contributed by atoms with Crippen LogP contribution in [0.25, 0.3) is 0 Å². The molecule has 0 heterocycles. The van der Waals surface area contributed by atoms with Gasteiger partial charge in [-0.05, 0) is 6.42 Å². The summed E-state index contributed by atoms with van der Waals surface area (Å²) in [4.78, 5) is 11.2. The van der Waals surface area contributed by atoms with E-state index in [1.807, 2.05) is 6.58 Å². The van der Waals surface area contributed by atoms with Crippen molar-refractivity contribution >= 4 is 5.97 Å². The van der Waals surface area contributed by atoms with Gasteiger partial charge >= 0.3 is 41.8 Å². The third kappa shape index (κ3) is 3.75. The number of alkyl halides is 13. The summed E-state index contributed by atoms with van der Waals surface area (Å²) in [6.07, 6.45) is -7.65. The van der Waals surface area contributed by atoms with Crippen LogP contribution in [0.2, 0.25) is 0 Å². The molecule has 0 aliphatic carbocycles. The van der Waals surface area contributed by atoms with Gasteiger partial charge < -0.3 is 4.74 Å². The second-order valence-electron chi connectivity index (χ2n) is 5.52. The van der Waals surface area contributed by atoms with E-state index >= 15 is 0 Å². The third-order valence-electron chi connectivity index (χ3n) is 3.52. The molecule has 0 aromatic carbocycles. The maximum absolute atomic E-state index is 13.6. The van der Waals surface area contributed by atoms with Gasteiger partial charge in [0.1, 0.15) is 0 Å². The topological polar surface area (TPSA) is 26.3 Å². The van der Waals surface area contributed by atoms with Crippen molar-refractivity contribution in [2.24, 2.45) is 5.92 Å². The molecule has 0 saturated carbocycles. The molecular weight excluding hydrogens is 435 g/mol. The molecule has 0 bridgehead atoms. The molecule has 0 rings (SSSR count). The quantitative estimate of drug-likeness (QED) is 0.267. The fraction of sp³-hybridized carbons (Fsp3) is 0.769. The fourth-order valence-electron chi connectivity index (χ4n) is 1.40. The first kappa shape index (κ1) is 26.3. The van der Waals surface area contributed by atoms with E-state index in [9.17, 15) is 61.9 Å². The number of carbonyl (C=O) groups is 1. The van der Waals surface area contributed by atoms with E-state index in [4.69, 9.17) is 0 Å². The SMILES string of the molecule is C=C(OC(=O)C(C)CC)C(F)(F)C(F)(F)C(F)(F)C(F)(F)C(F)(F)C(F)(F)F. The molecule has 1 unspecified atom stereocenters. The minimum absolute atomic E-state index is 0.153. The number of allylic oxidation sites excluding steroid dienone is 1. The predicted octanol–water partition coefficient (Wildman–Crippen LogP) is 5.83. The normalized spacial score (nSPS) is 16.0. The van der Waals surface area contributed by atoms with Crippen molar-refractivity contribution in [3.8, 4) is 0 Å². The van der Waals surface area contributed by atoms with Crippen molar-refractivity contribution in [3.05, 3.63) is 12.3 Å².